The first-order chi connectivity index (χ1) is 13.7. The van der Waals surface area contributed by atoms with E-state index in [-0.39, 0.29) is 12.3 Å². The molecular weight excluding hydrogens is 362 g/mol. The van der Waals surface area contributed by atoms with E-state index in [1.807, 2.05) is 19.1 Å². The molecule has 0 N–H and O–H groups in total. The van der Waals surface area contributed by atoms with E-state index in [2.05, 4.69) is 67.6 Å². The summed E-state index contributed by atoms with van der Waals surface area (Å²) in [7, 11) is 1.58. The van der Waals surface area contributed by atoms with Crippen LogP contribution in [-0.2, 0) is 9.47 Å². The number of nitrogens with zero attached hydrogens (tertiary/aromatic N) is 3. The monoisotopic (exact) mass is 397 g/mol. The van der Waals surface area contributed by atoms with Crippen LogP contribution in [0.15, 0.2) is 59.3 Å². The fraction of sp³-hybridized carbons (Fsp3) is 0.458. The molecule has 1 aromatic rings. The van der Waals surface area contributed by atoms with Crippen LogP contribution < -0.4 is 4.90 Å². The van der Waals surface area contributed by atoms with Crippen LogP contribution in [0.25, 0.3) is 5.70 Å². The quantitative estimate of drug-likeness (QED) is 0.275. The predicted molar refractivity (Wildman–Crippen MR) is 123 cm³/mol. The zero-order valence-corrected chi connectivity index (χ0v) is 18.6. The maximum Gasteiger partial charge on any atom is 0.188 e. The first-order valence-corrected chi connectivity index (χ1v) is 9.97. The summed E-state index contributed by atoms with van der Waals surface area (Å²) in [6.45, 7) is 24.7. The molecule has 2 rings (SSSR count). The van der Waals surface area contributed by atoms with Crippen molar-refractivity contribution in [3.8, 4) is 0 Å². The van der Waals surface area contributed by atoms with Crippen LogP contribution in [-0.4, -0.2) is 57.2 Å². The minimum absolute atomic E-state index is 0.106. The van der Waals surface area contributed by atoms with Crippen LogP contribution in [0.3, 0.4) is 0 Å². The summed E-state index contributed by atoms with van der Waals surface area (Å²) in [5.74, 6) is 0.545. The van der Waals surface area contributed by atoms with Crippen molar-refractivity contribution < 1.29 is 9.47 Å². The molecule has 158 valence electrons. The van der Waals surface area contributed by atoms with E-state index in [4.69, 9.17) is 9.47 Å². The molecule has 1 aliphatic rings. The molecule has 0 atom stereocenters. The van der Waals surface area contributed by atoms with Crippen molar-refractivity contribution in [2.24, 2.45) is 4.99 Å². The SMILES string of the molecule is C=N/C(=C(/OCOC)C(=C)C(=C)C)c1cccc(N2CCN(C(C)(C)C)CC2)c1. The fourth-order valence-electron chi connectivity index (χ4n) is 3.39. The van der Waals surface area contributed by atoms with Gasteiger partial charge in [-0.1, -0.05) is 25.3 Å². The van der Waals surface area contributed by atoms with E-state index in [0.717, 1.165) is 37.3 Å². The lowest BCUT2D eigenvalue weighted by molar-refractivity contribution is 0.00947. The number of piperazine rings is 1. The van der Waals surface area contributed by atoms with Gasteiger partial charge in [0, 0.05) is 55.7 Å². The average molecular weight is 398 g/mol. The van der Waals surface area contributed by atoms with Crippen molar-refractivity contribution in [3.05, 3.63) is 59.9 Å². The van der Waals surface area contributed by atoms with E-state index in [0.29, 0.717) is 17.0 Å². The summed E-state index contributed by atoms with van der Waals surface area (Å²) in [6, 6.07) is 8.34. The highest BCUT2D eigenvalue weighted by atomic mass is 16.7. The number of anilines is 1. The van der Waals surface area contributed by atoms with Gasteiger partial charge in [0.2, 0.25) is 0 Å². The van der Waals surface area contributed by atoms with Gasteiger partial charge >= 0.3 is 0 Å². The largest absolute Gasteiger partial charge is 0.465 e. The highest BCUT2D eigenvalue weighted by molar-refractivity contribution is 5.76. The van der Waals surface area contributed by atoms with Crippen molar-refractivity contribution in [3.63, 3.8) is 0 Å². The number of aliphatic imine (C=N–C) groups is 1. The molecule has 1 aliphatic heterocycles. The standard InChI is InChI=1S/C24H35N3O2/c1-18(2)19(3)23(29-17-28-8)22(25-7)20-10-9-11-21(16-20)26-12-14-27(15-13-26)24(4,5)6/h9-11,16H,1,3,7,12-15,17H2,2,4-6,8H3/b23-22+. The third-order valence-electron chi connectivity index (χ3n) is 5.20. The van der Waals surface area contributed by atoms with Gasteiger partial charge in [-0.25, -0.2) is 0 Å². The van der Waals surface area contributed by atoms with E-state index in [9.17, 15) is 0 Å². The number of hydrogen-bond acceptors (Lipinski definition) is 5. The van der Waals surface area contributed by atoms with Crippen LogP contribution in [0.4, 0.5) is 5.69 Å². The van der Waals surface area contributed by atoms with Crippen molar-refractivity contribution in [2.45, 2.75) is 33.2 Å². The number of rotatable bonds is 8. The second-order valence-corrected chi connectivity index (χ2v) is 8.34. The lowest BCUT2D eigenvalue weighted by Gasteiger charge is -2.43. The fourth-order valence-corrected chi connectivity index (χ4v) is 3.39. The van der Waals surface area contributed by atoms with Gasteiger partial charge in [0.1, 0.15) is 5.70 Å². The maximum absolute atomic E-state index is 5.80. The highest BCUT2D eigenvalue weighted by Crippen LogP contribution is 2.31. The summed E-state index contributed by atoms with van der Waals surface area (Å²) in [5, 5.41) is 0. The number of benzene rings is 1. The van der Waals surface area contributed by atoms with Gasteiger partial charge in [-0.2, -0.15) is 0 Å². The van der Waals surface area contributed by atoms with Crippen LogP contribution in [0.1, 0.15) is 33.3 Å². The Hall–Kier alpha value is -2.37. The van der Waals surface area contributed by atoms with Crippen LogP contribution in [0.5, 0.6) is 0 Å². The Morgan fingerprint density at radius 1 is 1.14 bits per heavy atom. The molecule has 1 heterocycles. The predicted octanol–water partition coefficient (Wildman–Crippen LogP) is 4.73. The molecule has 0 bridgehead atoms. The molecule has 0 aliphatic carbocycles. The molecule has 29 heavy (non-hydrogen) atoms. The van der Waals surface area contributed by atoms with Crippen LogP contribution in [0.2, 0.25) is 0 Å². The summed E-state index contributed by atoms with van der Waals surface area (Å²) in [4.78, 5) is 9.20. The zero-order chi connectivity index (χ0) is 21.6. The number of ether oxygens (including phenoxy) is 2. The van der Waals surface area contributed by atoms with Crippen molar-refractivity contribution in [2.75, 3.05) is 45.0 Å². The van der Waals surface area contributed by atoms with E-state index < -0.39 is 0 Å². The minimum Gasteiger partial charge on any atom is -0.465 e. The molecule has 0 amide bonds. The second-order valence-electron chi connectivity index (χ2n) is 8.34. The first kappa shape index (κ1) is 22.9. The molecule has 0 saturated carbocycles. The first-order valence-electron chi connectivity index (χ1n) is 9.97. The Morgan fingerprint density at radius 3 is 2.31 bits per heavy atom. The summed E-state index contributed by atoms with van der Waals surface area (Å²) in [5.41, 5.74) is 4.45. The van der Waals surface area contributed by atoms with Crippen molar-refractivity contribution in [1.29, 1.82) is 0 Å². The Balaban J connectivity index is 2.33. The molecule has 0 radical (unpaired) electrons. The summed E-state index contributed by atoms with van der Waals surface area (Å²) < 4.78 is 10.9. The third-order valence-corrected chi connectivity index (χ3v) is 5.20. The number of hydrogen-bond donors (Lipinski definition) is 0. The molecule has 1 aromatic carbocycles. The smallest absolute Gasteiger partial charge is 0.188 e. The lowest BCUT2D eigenvalue weighted by atomic mass is 10.0. The van der Waals surface area contributed by atoms with E-state index in [1.165, 1.54) is 5.69 Å². The third kappa shape index (κ3) is 5.81. The minimum atomic E-state index is 0.106. The molecule has 0 unspecified atom stereocenters. The molecule has 0 spiro atoms. The van der Waals surface area contributed by atoms with E-state index in [1.54, 1.807) is 7.11 Å². The number of methoxy groups -OCH3 is 1. The highest BCUT2D eigenvalue weighted by Gasteiger charge is 2.26. The second kappa shape index (κ2) is 9.90. The molecular formula is C24H35N3O2. The van der Waals surface area contributed by atoms with Gasteiger partial charge in [-0.05, 0) is 52.1 Å². The average Bonchev–Trinajstić information content (AvgIpc) is 2.70. The van der Waals surface area contributed by atoms with Gasteiger partial charge in [-0.15, -0.1) is 0 Å². The molecule has 0 aromatic heterocycles. The zero-order valence-electron chi connectivity index (χ0n) is 18.6. The maximum atomic E-state index is 5.80. The normalized spacial score (nSPS) is 16.2. The van der Waals surface area contributed by atoms with Crippen LogP contribution >= 0.6 is 0 Å². The topological polar surface area (TPSA) is 37.3 Å². The van der Waals surface area contributed by atoms with Gasteiger partial charge < -0.3 is 14.4 Å². The van der Waals surface area contributed by atoms with E-state index >= 15 is 0 Å². The summed E-state index contributed by atoms with van der Waals surface area (Å²) >= 11 is 0. The Bertz CT molecular complexity index is 782. The molecule has 1 fully saturated rings. The Labute approximate surface area is 176 Å². The Kier molecular flexibility index (Phi) is 7.82. The number of allylic oxidation sites excluding steroid dienone is 1. The van der Waals surface area contributed by atoms with Gasteiger partial charge in [-0.3, -0.25) is 9.89 Å². The van der Waals surface area contributed by atoms with Crippen molar-refractivity contribution >= 4 is 18.1 Å². The van der Waals surface area contributed by atoms with Gasteiger partial charge in [0.15, 0.2) is 12.6 Å². The van der Waals surface area contributed by atoms with Gasteiger partial charge in [0.25, 0.3) is 0 Å². The molecule has 1 saturated heterocycles. The lowest BCUT2D eigenvalue weighted by Crippen LogP contribution is -2.53. The Morgan fingerprint density at radius 2 is 1.79 bits per heavy atom. The van der Waals surface area contributed by atoms with Crippen molar-refractivity contribution in [1.82, 2.24) is 4.90 Å². The van der Waals surface area contributed by atoms with Gasteiger partial charge in [0.05, 0.1) is 0 Å². The summed E-state index contributed by atoms with van der Waals surface area (Å²) in [6.07, 6.45) is 0. The van der Waals surface area contributed by atoms with Crippen LogP contribution in [0, 0.1) is 0 Å². The molecule has 5 heteroatoms. The molecule has 5 nitrogen and oxygen atoms in total.